The minimum absolute atomic E-state index is 1.29. The Hall–Kier alpha value is 0.720. The van der Waals surface area contributed by atoms with E-state index in [1.165, 1.54) is 57.0 Å². The molecule has 0 saturated carbocycles. The SMILES string of the molecule is CCCCP(C)(Cl)(CCCC)CCCC. The first-order valence-corrected chi connectivity index (χ1v) is 10.8. The van der Waals surface area contributed by atoms with Gasteiger partial charge in [0.15, 0.2) is 0 Å². The molecule has 0 atom stereocenters. The van der Waals surface area contributed by atoms with E-state index in [0.29, 0.717) is 0 Å². The second-order valence-electron chi connectivity index (χ2n) is 5.38. The molecule has 0 aliphatic carbocycles. The summed E-state index contributed by atoms with van der Waals surface area (Å²) >= 11 is 7.06. The molecule has 0 aliphatic rings. The number of hydrogen-bond acceptors (Lipinski definition) is 0. The maximum atomic E-state index is 7.06. The second-order valence-corrected chi connectivity index (χ2v) is 14.2. The van der Waals surface area contributed by atoms with Crippen molar-refractivity contribution in [2.45, 2.75) is 59.3 Å². The van der Waals surface area contributed by atoms with Crippen LogP contribution in [0.4, 0.5) is 0 Å². The molecule has 0 fully saturated rings. The number of unbranched alkanes of at least 4 members (excludes halogenated alkanes) is 3. The molecule has 0 aromatic rings. The third-order valence-corrected chi connectivity index (χ3v) is 9.62. The molecule has 0 aliphatic heterocycles. The van der Waals surface area contributed by atoms with Crippen LogP contribution in [-0.2, 0) is 0 Å². The van der Waals surface area contributed by atoms with Gasteiger partial charge in [-0.2, -0.15) is 0 Å². The molecule has 0 rings (SSSR count). The maximum absolute atomic E-state index is 7.06. The molecule has 2 heteroatoms. The molecule has 0 heterocycles. The van der Waals surface area contributed by atoms with Crippen molar-refractivity contribution in [2.75, 3.05) is 25.2 Å². The fraction of sp³-hybridized carbons (Fsp3) is 1.00. The zero-order chi connectivity index (χ0) is 11.8. The Bertz CT molecular complexity index is 137. The molecule has 0 amide bonds. The van der Waals surface area contributed by atoms with Gasteiger partial charge in [0.25, 0.3) is 0 Å². The number of rotatable bonds is 9. The van der Waals surface area contributed by atoms with Gasteiger partial charge in [-0.15, -0.1) is 0 Å². The second kappa shape index (κ2) is 7.13. The monoisotopic (exact) mass is 252 g/mol. The van der Waals surface area contributed by atoms with Crippen LogP contribution in [0, 0.1) is 0 Å². The van der Waals surface area contributed by atoms with Crippen LogP contribution in [0.25, 0.3) is 0 Å². The van der Waals surface area contributed by atoms with E-state index in [2.05, 4.69) is 27.4 Å². The average Bonchev–Trinajstić information content (AvgIpc) is 2.22. The summed E-state index contributed by atoms with van der Waals surface area (Å²) in [5.74, 6) is -1.81. The molecule has 0 aromatic carbocycles. The van der Waals surface area contributed by atoms with E-state index in [1.807, 2.05) is 0 Å². The normalized spacial score (nSPS) is 14.9. The summed E-state index contributed by atoms with van der Waals surface area (Å²) in [6.45, 7) is 9.24. The number of halogens is 1. The van der Waals surface area contributed by atoms with Crippen LogP contribution in [0.2, 0.25) is 0 Å². The Morgan fingerprint density at radius 3 is 1.20 bits per heavy atom. The van der Waals surface area contributed by atoms with E-state index in [-0.39, 0.29) is 0 Å². The third-order valence-electron chi connectivity index (χ3n) is 3.41. The molecule has 0 saturated heterocycles. The van der Waals surface area contributed by atoms with Crippen LogP contribution in [0.15, 0.2) is 0 Å². The third kappa shape index (κ3) is 6.80. The summed E-state index contributed by atoms with van der Waals surface area (Å²) in [5.41, 5.74) is 0. The summed E-state index contributed by atoms with van der Waals surface area (Å²) in [6, 6.07) is 0. The van der Waals surface area contributed by atoms with Crippen molar-refractivity contribution in [3.63, 3.8) is 0 Å². The zero-order valence-corrected chi connectivity index (χ0v) is 12.8. The van der Waals surface area contributed by atoms with Crippen molar-refractivity contribution >= 4 is 17.2 Å². The molecule has 0 unspecified atom stereocenters. The predicted molar refractivity (Wildman–Crippen MR) is 78.0 cm³/mol. The molecule has 0 radical (unpaired) electrons. The Morgan fingerprint density at radius 2 is 1.00 bits per heavy atom. The molecule has 0 aromatic heterocycles. The molecule has 0 nitrogen and oxygen atoms in total. The standard InChI is InChI=1S/C13H30ClP/c1-5-8-11-15(4,14,12-9-6-2)13-10-7-3/h5-13H2,1-4H3. The van der Waals surface area contributed by atoms with Gasteiger partial charge < -0.3 is 0 Å². The van der Waals surface area contributed by atoms with Gasteiger partial charge in [0.05, 0.1) is 0 Å². The molecule has 0 bridgehead atoms. The van der Waals surface area contributed by atoms with E-state index < -0.39 is 5.96 Å². The molecule has 0 N–H and O–H groups in total. The van der Waals surface area contributed by atoms with Gasteiger partial charge >= 0.3 is 102 Å². The molecule has 15 heavy (non-hydrogen) atoms. The van der Waals surface area contributed by atoms with E-state index in [1.54, 1.807) is 0 Å². The Morgan fingerprint density at radius 1 is 0.733 bits per heavy atom. The van der Waals surface area contributed by atoms with Gasteiger partial charge in [-0.25, -0.2) is 0 Å². The van der Waals surface area contributed by atoms with Gasteiger partial charge in [-0.05, 0) is 0 Å². The van der Waals surface area contributed by atoms with Gasteiger partial charge in [-0.3, -0.25) is 0 Å². The Labute approximate surface area is 102 Å². The molecule has 0 spiro atoms. The van der Waals surface area contributed by atoms with E-state index in [9.17, 15) is 0 Å². The molecular weight excluding hydrogens is 223 g/mol. The van der Waals surface area contributed by atoms with Crippen molar-refractivity contribution in [3.05, 3.63) is 0 Å². The van der Waals surface area contributed by atoms with Crippen molar-refractivity contribution in [1.82, 2.24) is 0 Å². The van der Waals surface area contributed by atoms with Crippen LogP contribution in [0.1, 0.15) is 59.3 Å². The van der Waals surface area contributed by atoms with Crippen molar-refractivity contribution in [2.24, 2.45) is 0 Å². The van der Waals surface area contributed by atoms with Gasteiger partial charge in [0.1, 0.15) is 0 Å². The van der Waals surface area contributed by atoms with Gasteiger partial charge in [0.2, 0.25) is 0 Å². The summed E-state index contributed by atoms with van der Waals surface area (Å²) in [6.07, 6.45) is 11.8. The van der Waals surface area contributed by atoms with Crippen molar-refractivity contribution < 1.29 is 0 Å². The van der Waals surface area contributed by atoms with E-state index in [4.69, 9.17) is 11.2 Å². The number of hydrogen-bond donors (Lipinski definition) is 0. The fourth-order valence-electron chi connectivity index (χ4n) is 2.13. The first kappa shape index (κ1) is 15.7. The predicted octanol–water partition coefficient (Wildman–Crippen LogP) is 5.72. The summed E-state index contributed by atoms with van der Waals surface area (Å²) < 4.78 is 0. The van der Waals surface area contributed by atoms with Crippen LogP contribution >= 0.6 is 17.2 Å². The first-order chi connectivity index (χ1) is 6.96. The summed E-state index contributed by atoms with van der Waals surface area (Å²) in [5, 5.41) is 0. The Balaban J connectivity index is 4.33. The average molecular weight is 253 g/mol. The van der Waals surface area contributed by atoms with Crippen LogP contribution in [-0.4, -0.2) is 25.2 Å². The van der Waals surface area contributed by atoms with Crippen molar-refractivity contribution in [3.8, 4) is 0 Å². The summed E-state index contributed by atoms with van der Waals surface area (Å²) in [7, 11) is 0. The minimum atomic E-state index is -1.81. The van der Waals surface area contributed by atoms with Crippen LogP contribution in [0.5, 0.6) is 0 Å². The Kier molecular flexibility index (Phi) is 7.47. The quantitative estimate of drug-likeness (QED) is 0.460. The van der Waals surface area contributed by atoms with E-state index >= 15 is 0 Å². The van der Waals surface area contributed by atoms with Crippen LogP contribution in [0.3, 0.4) is 0 Å². The molecular formula is C13H30ClP. The van der Waals surface area contributed by atoms with Crippen molar-refractivity contribution in [1.29, 1.82) is 0 Å². The fourth-order valence-corrected chi connectivity index (χ4v) is 7.48. The first-order valence-electron chi connectivity index (χ1n) is 6.69. The van der Waals surface area contributed by atoms with Gasteiger partial charge in [-0.1, -0.05) is 0 Å². The summed E-state index contributed by atoms with van der Waals surface area (Å²) in [4.78, 5) is 0. The van der Waals surface area contributed by atoms with Gasteiger partial charge in [0, 0.05) is 0 Å². The van der Waals surface area contributed by atoms with E-state index in [0.717, 1.165) is 0 Å². The van der Waals surface area contributed by atoms with Crippen LogP contribution < -0.4 is 0 Å². The zero-order valence-electron chi connectivity index (χ0n) is 11.2. The topological polar surface area (TPSA) is 0 Å². The molecule has 94 valence electrons.